The number of halogens is 4. The van der Waals surface area contributed by atoms with Crippen LogP contribution in [-0.2, 0) is 18.6 Å². The van der Waals surface area contributed by atoms with Gasteiger partial charge in [-0.2, -0.15) is 13.2 Å². The van der Waals surface area contributed by atoms with Crippen LogP contribution in [0.4, 0.5) is 13.2 Å². The number of hydrogen-bond acceptors (Lipinski definition) is 3. The maximum absolute atomic E-state index is 12.4. The second-order valence-electron chi connectivity index (χ2n) is 4.18. The minimum absolute atomic E-state index is 0.0732. The fourth-order valence-electron chi connectivity index (χ4n) is 1.58. The van der Waals surface area contributed by atoms with E-state index in [1.807, 2.05) is 0 Å². The Morgan fingerprint density at radius 2 is 1.95 bits per heavy atom. The molecule has 4 nitrogen and oxygen atoms in total. The maximum atomic E-state index is 12.4. The summed E-state index contributed by atoms with van der Waals surface area (Å²) in [6.45, 7) is 0.0732. The Bertz CT molecular complexity index is 623. The predicted molar refractivity (Wildman–Crippen MR) is 68.7 cm³/mol. The van der Waals surface area contributed by atoms with Crippen molar-refractivity contribution in [2.24, 2.45) is 0 Å². The number of carbonyl (C=O) groups is 1. The molecule has 0 bridgehead atoms. The molecular formula is C13H10ClF3N2O2. The van der Waals surface area contributed by atoms with Gasteiger partial charge in [-0.1, -0.05) is 5.16 Å². The zero-order valence-corrected chi connectivity index (χ0v) is 11.3. The monoisotopic (exact) mass is 318 g/mol. The van der Waals surface area contributed by atoms with Gasteiger partial charge >= 0.3 is 6.18 Å². The lowest BCUT2D eigenvalue weighted by molar-refractivity contribution is -0.137. The smallest absolute Gasteiger partial charge is 0.359 e. The Balaban J connectivity index is 1.97. The number of alkyl halides is 4. The fraction of sp³-hybridized carbons (Fsp3) is 0.231. The van der Waals surface area contributed by atoms with E-state index >= 15 is 0 Å². The first kappa shape index (κ1) is 15.4. The van der Waals surface area contributed by atoms with Crippen LogP contribution < -0.4 is 5.32 Å². The van der Waals surface area contributed by atoms with Crippen molar-refractivity contribution in [2.75, 3.05) is 0 Å². The van der Waals surface area contributed by atoms with E-state index in [0.717, 1.165) is 24.3 Å². The van der Waals surface area contributed by atoms with Crippen molar-refractivity contribution in [3.63, 3.8) is 0 Å². The summed E-state index contributed by atoms with van der Waals surface area (Å²) in [5.41, 5.74) is -0.142. The Morgan fingerprint density at radius 3 is 2.48 bits per heavy atom. The van der Waals surface area contributed by atoms with Crippen LogP contribution in [0.2, 0.25) is 0 Å². The van der Waals surface area contributed by atoms with E-state index in [0.29, 0.717) is 11.5 Å². The molecule has 2 rings (SSSR count). The fourth-order valence-corrected chi connectivity index (χ4v) is 1.71. The molecule has 2 aromatic rings. The molecule has 1 heterocycles. The van der Waals surface area contributed by atoms with Crippen LogP contribution in [0.25, 0.3) is 0 Å². The first-order chi connectivity index (χ1) is 9.90. The van der Waals surface area contributed by atoms with Gasteiger partial charge in [0.2, 0.25) is 0 Å². The molecule has 21 heavy (non-hydrogen) atoms. The molecule has 0 radical (unpaired) electrons. The summed E-state index contributed by atoms with van der Waals surface area (Å²) in [4.78, 5) is 11.8. The average molecular weight is 319 g/mol. The molecule has 0 unspecified atom stereocenters. The van der Waals surface area contributed by atoms with E-state index in [4.69, 9.17) is 16.1 Å². The molecule has 1 aromatic heterocycles. The molecule has 0 saturated heterocycles. The van der Waals surface area contributed by atoms with E-state index in [-0.39, 0.29) is 18.0 Å². The Hall–Kier alpha value is -2.02. The third-order valence-corrected chi connectivity index (χ3v) is 2.92. The first-order valence-electron chi connectivity index (χ1n) is 5.86. The highest BCUT2D eigenvalue weighted by Gasteiger charge is 2.30. The molecule has 1 amide bonds. The van der Waals surface area contributed by atoms with Crippen LogP contribution in [0.3, 0.4) is 0 Å². The van der Waals surface area contributed by atoms with Crippen molar-refractivity contribution < 1.29 is 22.5 Å². The van der Waals surface area contributed by atoms with Crippen molar-refractivity contribution in [3.8, 4) is 0 Å². The lowest BCUT2D eigenvalue weighted by Crippen LogP contribution is -2.22. The number of carbonyl (C=O) groups excluding carboxylic acids is 1. The van der Waals surface area contributed by atoms with E-state index in [9.17, 15) is 18.0 Å². The van der Waals surface area contributed by atoms with Gasteiger partial charge in [0, 0.05) is 11.6 Å². The number of aromatic nitrogens is 1. The van der Waals surface area contributed by atoms with Crippen LogP contribution in [0, 0.1) is 0 Å². The van der Waals surface area contributed by atoms with Crippen LogP contribution >= 0.6 is 11.6 Å². The normalized spacial score (nSPS) is 11.4. The van der Waals surface area contributed by atoms with Crippen LogP contribution in [0.5, 0.6) is 0 Å². The van der Waals surface area contributed by atoms with Gasteiger partial charge in [0.1, 0.15) is 0 Å². The Kier molecular flexibility index (Phi) is 4.52. The summed E-state index contributed by atoms with van der Waals surface area (Å²) in [7, 11) is 0. The third kappa shape index (κ3) is 3.98. The second-order valence-corrected chi connectivity index (χ2v) is 4.44. The largest absolute Gasteiger partial charge is 0.416 e. The highest BCUT2D eigenvalue weighted by Crippen LogP contribution is 2.29. The highest BCUT2D eigenvalue weighted by molar-refractivity contribution is 6.16. The lowest BCUT2D eigenvalue weighted by atomic mass is 10.1. The van der Waals surface area contributed by atoms with Crippen LogP contribution in [-0.4, -0.2) is 11.1 Å². The van der Waals surface area contributed by atoms with Gasteiger partial charge < -0.3 is 9.84 Å². The van der Waals surface area contributed by atoms with Crippen LogP contribution in [0.15, 0.2) is 34.9 Å². The predicted octanol–water partition coefficient (Wildman–Crippen LogP) is 3.36. The Labute approximate surface area is 122 Å². The second kappa shape index (κ2) is 6.17. The summed E-state index contributed by atoms with van der Waals surface area (Å²) in [5, 5.41) is 6.15. The molecule has 8 heteroatoms. The van der Waals surface area contributed by atoms with Gasteiger partial charge in [0.15, 0.2) is 5.76 Å². The zero-order chi connectivity index (χ0) is 15.5. The lowest BCUT2D eigenvalue weighted by Gasteiger charge is -2.07. The summed E-state index contributed by atoms with van der Waals surface area (Å²) >= 11 is 5.55. The highest BCUT2D eigenvalue weighted by atomic mass is 35.5. The average Bonchev–Trinajstić information content (AvgIpc) is 2.92. The van der Waals surface area contributed by atoms with E-state index in [1.165, 1.54) is 0 Å². The van der Waals surface area contributed by atoms with E-state index in [1.54, 1.807) is 6.07 Å². The van der Waals surface area contributed by atoms with Crippen LogP contribution in [0.1, 0.15) is 27.4 Å². The molecule has 0 aliphatic heterocycles. The molecule has 112 valence electrons. The summed E-state index contributed by atoms with van der Waals surface area (Å²) in [5.74, 6) is 0.0922. The van der Waals surface area contributed by atoms with Crippen molar-refractivity contribution in [3.05, 3.63) is 52.9 Å². The minimum Gasteiger partial charge on any atom is -0.359 e. The Morgan fingerprint density at radius 1 is 1.29 bits per heavy atom. The van der Waals surface area contributed by atoms with Crippen molar-refractivity contribution in [1.29, 1.82) is 0 Å². The molecule has 0 atom stereocenters. The van der Waals surface area contributed by atoms with Gasteiger partial charge in [-0.3, -0.25) is 4.79 Å². The molecule has 0 saturated carbocycles. The van der Waals surface area contributed by atoms with Crippen molar-refractivity contribution >= 4 is 17.5 Å². The summed E-state index contributed by atoms with van der Waals surface area (Å²) < 4.78 is 42.1. The quantitative estimate of drug-likeness (QED) is 0.879. The minimum atomic E-state index is -4.42. The zero-order valence-electron chi connectivity index (χ0n) is 10.6. The first-order valence-corrected chi connectivity index (χ1v) is 6.39. The molecule has 0 aliphatic rings. The van der Waals surface area contributed by atoms with Gasteiger partial charge in [0.25, 0.3) is 5.91 Å². The number of amides is 1. The van der Waals surface area contributed by atoms with E-state index < -0.39 is 17.6 Å². The molecular weight excluding hydrogens is 309 g/mol. The molecule has 0 aliphatic carbocycles. The van der Waals surface area contributed by atoms with Crippen molar-refractivity contribution in [2.45, 2.75) is 18.6 Å². The molecule has 1 aromatic carbocycles. The van der Waals surface area contributed by atoms with Gasteiger partial charge in [-0.25, -0.2) is 0 Å². The summed E-state index contributed by atoms with van der Waals surface area (Å²) in [6, 6.07) is 5.52. The van der Waals surface area contributed by atoms with Gasteiger partial charge in [-0.15, -0.1) is 11.6 Å². The number of benzene rings is 1. The number of nitrogens with one attached hydrogen (secondary N) is 1. The van der Waals surface area contributed by atoms with E-state index in [2.05, 4.69) is 10.5 Å². The summed E-state index contributed by atoms with van der Waals surface area (Å²) in [6.07, 6.45) is -4.42. The SMILES string of the molecule is O=C(NCc1cc(CCl)no1)c1ccc(C(F)(F)F)cc1. The topological polar surface area (TPSA) is 55.1 Å². The van der Waals surface area contributed by atoms with Crippen molar-refractivity contribution in [1.82, 2.24) is 10.5 Å². The molecule has 0 fully saturated rings. The molecule has 0 spiro atoms. The number of nitrogens with zero attached hydrogens (tertiary/aromatic N) is 1. The maximum Gasteiger partial charge on any atom is 0.416 e. The number of rotatable bonds is 4. The molecule has 1 N–H and O–H groups in total. The van der Waals surface area contributed by atoms with Gasteiger partial charge in [-0.05, 0) is 24.3 Å². The third-order valence-electron chi connectivity index (χ3n) is 2.64. The van der Waals surface area contributed by atoms with Gasteiger partial charge in [0.05, 0.1) is 23.7 Å². The number of hydrogen-bond donors (Lipinski definition) is 1. The standard InChI is InChI=1S/C13H10ClF3N2O2/c14-6-10-5-11(21-19-10)7-18-12(20)8-1-3-9(4-2-8)13(15,16)17/h1-5H,6-7H2,(H,18,20).